The first-order valence-electron chi connectivity index (χ1n) is 12.8. The Morgan fingerprint density at radius 3 is 2.44 bits per heavy atom. The van der Waals surface area contributed by atoms with Crippen LogP contribution in [0.1, 0.15) is 32.3 Å². The Labute approximate surface area is 234 Å². The normalized spacial score (nSPS) is 12.1. The topological polar surface area (TPSA) is 122 Å². The molecule has 1 atom stereocenters. The molecule has 3 aromatic rings. The van der Waals surface area contributed by atoms with E-state index in [-0.39, 0.29) is 24.0 Å². The Balaban J connectivity index is 1.99. The molecule has 41 heavy (non-hydrogen) atoms. The molecule has 0 radical (unpaired) electrons. The Morgan fingerprint density at radius 2 is 1.83 bits per heavy atom. The van der Waals surface area contributed by atoms with Crippen molar-refractivity contribution in [1.29, 1.82) is 0 Å². The quantitative estimate of drug-likeness (QED) is 0.171. The monoisotopic (exact) mass is 571 g/mol. The van der Waals surface area contributed by atoms with E-state index < -0.39 is 35.4 Å². The van der Waals surface area contributed by atoms with Crippen LogP contribution in [-0.4, -0.2) is 48.4 Å². The van der Waals surface area contributed by atoms with Crippen LogP contribution in [0.3, 0.4) is 0 Å². The maximum absolute atomic E-state index is 14.0. The van der Waals surface area contributed by atoms with Crippen LogP contribution in [0, 0.1) is 23.4 Å². The van der Waals surface area contributed by atoms with Gasteiger partial charge in [-0.2, -0.15) is 10.1 Å². The van der Waals surface area contributed by atoms with Crippen molar-refractivity contribution in [2.45, 2.75) is 39.8 Å². The minimum absolute atomic E-state index is 0.0609. The van der Waals surface area contributed by atoms with Crippen molar-refractivity contribution in [3.63, 3.8) is 0 Å². The zero-order valence-corrected chi connectivity index (χ0v) is 23.1. The summed E-state index contributed by atoms with van der Waals surface area (Å²) < 4.78 is 43.5. The molecular weight excluding hydrogens is 539 g/mol. The van der Waals surface area contributed by atoms with Crippen molar-refractivity contribution in [1.82, 2.24) is 29.1 Å². The van der Waals surface area contributed by atoms with Gasteiger partial charge in [0.1, 0.15) is 0 Å². The molecule has 0 bridgehead atoms. The van der Waals surface area contributed by atoms with Gasteiger partial charge in [-0.1, -0.05) is 27.0 Å². The second-order valence-electron chi connectivity index (χ2n) is 9.18. The number of hydrazone groups is 1. The van der Waals surface area contributed by atoms with Gasteiger partial charge in [0.25, 0.3) is 0 Å². The molecule has 0 saturated carbocycles. The summed E-state index contributed by atoms with van der Waals surface area (Å²) >= 11 is 0. The van der Waals surface area contributed by atoms with Crippen molar-refractivity contribution in [2.75, 3.05) is 24.2 Å². The molecule has 1 aromatic carbocycles. The van der Waals surface area contributed by atoms with Gasteiger partial charge in [-0.3, -0.25) is 9.58 Å². The van der Waals surface area contributed by atoms with Gasteiger partial charge in [0.05, 0.1) is 18.8 Å². The third-order valence-electron chi connectivity index (χ3n) is 6.15. The van der Waals surface area contributed by atoms with Crippen LogP contribution in [0.4, 0.5) is 25.1 Å². The van der Waals surface area contributed by atoms with Crippen LogP contribution >= 0.6 is 0 Å². The lowest BCUT2D eigenvalue weighted by atomic mass is 10.0. The Bertz CT molecular complexity index is 1510. The number of rotatable bonds is 14. The largest absolute Gasteiger partial charge is 0.355 e. The molecule has 0 amide bonds. The zero-order chi connectivity index (χ0) is 30.1. The molecule has 2 N–H and O–H groups in total. The molecule has 218 valence electrons. The molecule has 11 nitrogen and oxygen atoms in total. The van der Waals surface area contributed by atoms with Crippen molar-refractivity contribution >= 4 is 17.6 Å². The van der Waals surface area contributed by atoms with E-state index >= 15 is 0 Å². The third-order valence-corrected chi connectivity index (χ3v) is 6.15. The minimum atomic E-state index is -1.63. The average molecular weight is 572 g/mol. The number of aromatic nitrogens is 5. The summed E-state index contributed by atoms with van der Waals surface area (Å²) in [7, 11) is 1.66. The van der Waals surface area contributed by atoms with E-state index in [9.17, 15) is 22.8 Å². The van der Waals surface area contributed by atoms with Crippen LogP contribution in [0.2, 0.25) is 0 Å². The Morgan fingerprint density at radius 1 is 1.17 bits per heavy atom. The summed E-state index contributed by atoms with van der Waals surface area (Å²) in [6.07, 6.45) is 5.62. The van der Waals surface area contributed by atoms with Crippen molar-refractivity contribution in [2.24, 2.45) is 11.0 Å². The predicted molar refractivity (Wildman–Crippen MR) is 151 cm³/mol. The molecular formula is C27H32F3N9O2. The fraction of sp³-hybridized carbons (Fsp3) is 0.333. The number of anilines is 2. The number of hydrogen-bond donors (Lipinski definition) is 2. The van der Waals surface area contributed by atoms with Crippen molar-refractivity contribution < 1.29 is 13.2 Å². The molecule has 14 heteroatoms. The van der Waals surface area contributed by atoms with Gasteiger partial charge >= 0.3 is 11.4 Å². The lowest BCUT2D eigenvalue weighted by Gasteiger charge is -2.19. The zero-order valence-electron chi connectivity index (χ0n) is 23.1. The molecule has 0 spiro atoms. The van der Waals surface area contributed by atoms with Gasteiger partial charge in [0, 0.05) is 44.3 Å². The highest BCUT2D eigenvalue weighted by atomic mass is 19.2. The van der Waals surface area contributed by atoms with E-state index in [1.807, 2.05) is 13.8 Å². The average Bonchev–Trinajstić information content (AvgIpc) is 2.95. The lowest BCUT2D eigenvalue weighted by Crippen LogP contribution is -2.45. The van der Waals surface area contributed by atoms with Crippen LogP contribution in [0.25, 0.3) is 0 Å². The number of halogens is 3. The van der Waals surface area contributed by atoms with E-state index in [0.29, 0.717) is 36.7 Å². The van der Waals surface area contributed by atoms with E-state index in [1.165, 1.54) is 11.2 Å². The Hall–Kier alpha value is -4.75. The summed E-state index contributed by atoms with van der Waals surface area (Å²) in [4.78, 5) is 38.9. The second-order valence-corrected chi connectivity index (χ2v) is 9.18. The van der Waals surface area contributed by atoms with Gasteiger partial charge in [0.2, 0.25) is 11.9 Å². The minimum Gasteiger partial charge on any atom is -0.354 e. The van der Waals surface area contributed by atoms with Gasteiger partial charge < -0.3 is 10.6 Å². The molecule has 3 rings (SSSR count). The van der Waals surface area contributed by atoms with Gasteiger partial charge in [-0.25, -0.2) is 37.3 Å². The maximum atomic E-state index is 14.0. The number of hydrogen-bond acceptors (Lipinski definition) is 9. The van der Waals surface area contributed by atoms with E-state index in [2.05, 4.69) is 43.8 Å². The van der Waals surface area contributed by atoms with Gasteiger partial charge in [-0.15, -0.1) is 0 Å². The van der Waals surface area contributed by atoms with Crippen LogP contribution in [0.15, 0.2) is 70.3 Å². The van der Waals surface area contributed by atoms with E-state index in [4.69, 9.17) is 0 Å². The highest BCUT2D eigenvalue weighted by molar-refractivity contribution is 5.86. The highest BCUT2D eigenvalue weighted by Crippen LogP contribution is 2.16. The highest BCUT2D eigenvalue weighted by Gasteiger charge is 2.20. The van der Waals surface area contributed by atoms with Crippen LogP contribution < -0.4 is 22.0 Å². The summed E-state index contributed by atoms with van der Waals surface area (Å²) in [5.74, 6) is -4.36. The molecule has 1 unspecified atom stereocenters. The summed E-state index contributed by atoms with van der Waals surface area (Å²) in [6.45, 7) is 11.1. The summed E-state index contributed by atoms with van der Waals surface area (Å²) in [6, 6.07) is 3.22. The van der Waals surface area contributed by atoms with Crippen molar-refractivity contribution in [3.8, 4) is 0 Å². The molecule has 2 heterocycles. The standard InChI is InChI=1S/C27H32F3N9O2/c1-6-17(3)22(36-37(5)7-2)16-39-26(40)35-25(34-18(4)9-12-33-24-31-10-8-11-32-24)38(27(39)41)15-19-13-20(28)23(30)21(29)14-19/h7-8,10-11,13-14,17H,2,4,6,9,12,15-16H2,1,3,5H3,(H,31,32,33)(H,34,35,40)/b36-22-. The molecule has 0 aliphatic heterocycles. The molecule has 0 saturated heterocycles. The molecule has 2 aromatic heterocycles. The van der Waals surface area contributed by atoms with E-state index in [0.717, 1.165) is 21.3 Å². The van der Waals surface area contributed by atoms with Crippen LogP contribution in [-0.2, 0) is 13.1 Å². The summed E-state index contributed by atoms with van der Waals surface area (Å²) in [5.41, 5.74) is -0.864. The van der Waals surface area contributed by atoms with Crippen molar-refractivity contribution in [3.05, 3.63) is 99.6 Å². The third kappa shape index (κ3) is 8.13. The first-order valence-corrected chi connectivity index (χ1v) is 12.8. The number of nitrogens with one attached hydrogen (secondary N) is 2. The molecule has 0 aliphatic rings. The second kappa shape index (κ2) is 14.1. The SMILES string of the molecule is C=CN(C)/N=C(/Cn1c(=O)nc(NC(=C)CCNc2ncccn2)n(Cc2cc(F)c(F)c(F)c2)c1=O)C(C)CC. The van der Waals surface area contributed by atoms with Gasteiger partial charge in [-0.05, 0) is 36.1 Å². The number of nitrogens with zero attached hydrogens (tertiary/aromatic N) is 7. The van der Waals surface area contributed by atoms with Gasteiger partial charge in [0.15, 0.2) is 17.5 Å². The predicted octanol–water partition coefficient (Wildman–Crippen LogP) is 3.57. The molecule has 0 fully saturated rings. The maximum Gasteiger partial charge on any atom is 0.355 e. The Kier molecular flexibility index (Phi) is 10.6. The number of benzene rings is 1. The fourth-order valence-corrected chi connectivity index (χ4v) is 3.65. The lowest BCUT2D eigenvalue weighted by molar-refractivity contribution is 0.444. The van der Waals surface area contributed by atoms with E-state index in [1.54, 1.807) is 25.5 Å². The fourth-order valence-electron chi connectivity index (χ4n) is 3.65. The molecule has 0 aliphatic carbocycles. The first-order chi connectivity index (χ1) is 19.5. The smallest absolute Gasteiger partial charge is 0.354 e. The first kappa shape index (κ1) is 30.8. The summed E-state index contributed by atoms with van der Waals surface area (Å²) in [5, 5.41) is 11.7. The van der Waals surface area contributed by atoms with Crippen LogP contribution in [0.5, 0.6) is 0 Å².